The van der Waals surface area contributed by atoms with Crippen molar-refractivity contribution in [2.24, 2.45) is 16.6 Å². The monoisotopic (exact) mass is 338 g/mol. The predicted molar refractivity (Wildman–Crippen MR) is 97.7 cm³/mol. The van der Waals surface area contributed by atoms with Gasteiger partial charge in [0, 0.05) is 41.3 Å². The van der Waals surface area contributed by atoms with E-state index < -0.39 is 9.71 Å². The van der Waals surface area contributed by atoms with Crippen molar-refractivity contribution in [2.45, 2.75) is 10.8 Å². The minimum absolute atomic E-state index is 0.0657. The van der Waals surface area contributed by atoms with E-state index in [1.165, 1.54) is 0 Å². The van der Waals surface area contributed by atoms with Gasteiger partial charge in [-0.3, -0.25) is 4.31 Å². The van der Waals surface area contributed by atoms with Crippen LogP contribution in [-0.4, -0.2) is 25.2 Å². The van der Waals surface area contributed by atoms with Crippen LogP contribution in [0.15, 0.2) is 82.9 Å². The number of nitrogens with one attached hydrogen (secondary N) is 1. The Hall–Kier alpha value is -2.73. The Morgan fingerprint density at radius 3 is 2.75 bits per heavy atom. The van der Waals surface area contributed by atoms with E-state index in [0.29, 0.717) is 16.4 Å². The maximum Gasteiger partial charge on any atom is 0.130 e. The average molecular weight is 338 g/mol. The smallest absolute Gasteiger partial charge is 0.130 e. The topological polar surface area (TPSA) is 74.5 Å². The van der Waals surface area contributed by atoms with Gasteiger partial charge in [0.05, 0.1) is 15.6 Å². The molecular weight excluding hydrogens is 320 g/mol. The number of hydrogen-bond donors (Lipinski definition) is 2. The third-order valence-electron chi connectivity index (χ3n) is 4.42. The molecule has 122 valence electrons. The van der Waals surface area contributed by atoms with Crippen LogP contribution < -0.4 is 5.73 Å². The zero-order valence-corrected chi connectivity index (χ0v) is 13.8. The number of nitrogens with zero attached hydrogens (tertiary/aromatic N) is 2. The first-order valence-electron chi connectivity index (χ1n) is 7.65. The third-order valence-corrected chi connectivity index (χ3v) is 6.36. The summed E-state index contributed by atoms with van der Waals surface area (Å²) in [4.78, 5) is 8.21. The van der Waals surface area contributed by atoms with E-state index in [0.717, 1.165) is 5.56 Å². The zero-order valence-electron chi connectivity index (χ0n) is 13.0. The first-order chi connectivity index (χ1) is 11.6. The van der Waals surface area contributed by atoms with Crippen LogP contribution in [0, 0.1) is 5.92 Å². The van der Waals surface area contributed by atoms with Crippen LogP contribution in [0.3, 0.4) is 0 Å². The third kappa shape index (κ3) is 2.18. The van der Waals surface area contributed by atoms with Gasteiger partial charge in [-0.1, -0.05) is 24.3 Å². The normalized spacial score (nSPS) is 24.9. The summed E-state index contributed by atoms with van der Waals surface area (Å²) in [6, 6.07) is 11.2. The molecule has 0 saturated carbocycles. The molecule has 24 heavy (non-hydrogen) atoms. The summed E-state index contributed by atoms with van der Waals surface area (Å²) in [6.45, 7) is 0. The largest absolute Gasteiger partial charge is 0.400 e. The number of benzene rings is 1. The molecule has 3 unspecified atom stereocenters. The standard InChI is InChI=1S/C18H18N4OS/c1-24(23,14-5-3-2-4-6-14)22-12-16(19)17-15(8-10-21-18(17)22)13-7-9-20-11-13/h2-12,15,17,20H,1,19H2. The molecule has 2 aliphatic rings. The lowest BCUT2D eigenvalue weighted by molar-refractivity contribution is 0.643. The number of fused-ring (bicyclic) bond motifs is 1. The molecule has 0 aliphatic carbocycles. The number of H-pyrrole nitrogens is 1. The quantitative estimate of drug-likeness (QED) is 0.844. The number of aromatic nitrogens is 1. The van der Waals surface area contributed by atoms with Gasteiger partial charge in [-0.2, -0.15) is 0 Å². The van der Waals surface area contributed by atoms with Crippen molar-refractivity contribution in [3.05, 3.63) is 78.5 Å². The lowest BCUT2D eigenvalue weighted by atomic mass is 9.84. The van der Waals surface area contributed by atoms with Crippen LogP contribution >= 0.6 is 0 Å². The molecule has 3 N–H and O–H groups in total. The predicted octanol–water partition coefficient (Wildman–Crippen LogP) is 2.45. The minimum Gasteiger partial charge on any atom is -0.400 e. The summed E-state index contributed by atoms with van der Waals surface area (Å²) < 4.78 is 15.0. The van der Waals surface area contributed by atoms with Crippen molar-refractivity contribution >= 4 is 21.4 Å². The van der Waals surface area contributed by atoms with Crippen LogP contribution in [0.1, 0.15) is 11.5 Å². The molecule has 0 amide bonds. The van der Waals surface area contributed by atoms with Gasteiger partial charge in [0.25, 0.3) is 0 Å². The highest BCUT2D eigenvalue weighted by Gasteiger charge is 2.40. The fourth-order valence-corrected chi connectivity index (χ4v) is 4.79. The van der Waals surface area contributed by atoms with Crippen LogP contribution in [0.25, 0.3) is 0 Å². The number of rotatable bonds is 3. The fraction of sp³-hybridized carbons (Fsp3) is 0.111. The maximum absolute atomic E-state index is 13.4. The Morgan fingerprint density at radius 2 is 2.04 bits per heavy atom. The molecule has 0 spiro atoms. The first-order valence-corrected chi connectivity index (χ1v) is 9.33. The summed E-state index contributed by atoms with van der Waals surface area (Å²) in [5.74, 6) is 4.60. The van der Waals surface area contributed by atoms with E-state index in [4.69, 9.17) is 5.73 Å². The second-order valence-electron chi connectivity index (χ2n) is 5.89. The van der Waals surface area contributed by atoms with Crippen molar-refractivity contribution in [3.8, 4) is 0 Å². The molecule has 2 aromatic rings. The molecule has 5 nitrogen and oxygen atoms in total. The van der Waals surface area contributed by atoms with Gasteiger partial charge in [-0.05, 0) is 29.6 Å². The van der Waals surface area contributed by atoms with Crippen molar-refractivity contribution in [1.29, 1.82) is 0 Å². The molecule has 0 fully saturated rings. The van der Waals surface area contributed by atoms with Gasteiger partial charge in [0.2, 0.25) is 0 Å². The summed E-state index contributed by atoms with van der Waals surface area (Å²) >= 11 is 0. The lowest BCUT2D eigenvalue weighted by Crippen LogP contribution is -2.35. The highest BCUT2D eigenvalue weighted by molar-refractivity contribution is 7.98. The molecule has 1 aromatic carbocycles. The Morgan fingerprint density at radius 1 is 1.25 bits per heavy atom. The van der Waals surface area contributed by atoms with Crippen LogP contribution in [0.4, 0.5) is 0 Å². The second kappa shape index (κ2) is 5.42. The number of amidine groups is 1. The summed E-state index contributed by atoms with van der Waals surface area (Å²) in [7, 11) is -2.73. The average Bonchev–Trinajstić information content (AvgIpc) is 3.24. The van der Waals surface area contributed by atoms with Crippen LogP contribution in [0.5, 0.6) is 0 Å². The molecule has 3 atom stereocenters. The van der Waals surface area contributed by atoms with Gasteiger partial charge < -0.3 is 10.7 Å². The minimum atomic E-state index is -2.73. The van der Waals surface area contributed by atoms with E-state index >= 15 is 0 Å². The summed E-state index contributed by atoms with van der Waals surface area (Å²) in [5.41, 5.74) is 8.06. The Balaban J connectivity index is 1.76. The van der Waals surface area contributed by atoms with Crippen molar-refractivity contribution < 1.29 is 4.21 Å². The molecule has 0 saturated heterocycles. The number of allylic oxidation sites excluding steroid dienone is 1. The van der Waals surface area contributed by atoms with E-state index in [-0.39, 0.29) is 11.8 Å². The van der Waals surface area contributed by atoms with Crippen molar-refractivity contribution in [1.82, 2.24) is 9.29 Å². The Kier molecular flexibility index (Phi) is 3.35. The summed E-state index contributed by atoms with van der Waals surface area (Å²) in [5, 5.41) is 0. The number of hydrogen-bond acceptors (Lipinski definition) is 3. The van der Waals surface area contributed by atoms with Crippen LogP contribution in [-0.2, 0) is 9.71 Å². The van der Waals surface area contributed by atoms with Gasteiger partial charge in [-0.15, -0.1) is 0 Å². The van der Waals surface area contributed by atoms with E-state index in [2.05, 4.69) is 15.8 Å². The van der Waals surface area contributed by atoms with Gasteiger partial charge in [-0.25, -0.2) is 9.20 Å². The zero-order chi connectivity index (χ0) is 16.7. The van der Waals surface area contributed by atoms with Gasteiger partial charge in [0.1, 0.15) is 5.84 Å². The van der Waals surface area contributed by atoms with Crippen molar-refractivity contribution in [3.63, 3.8) is 0 Å². The Bertz CT molecular complexity index is 940. The molecule has 3 heterocycles. The van der Waals surface area contributed by atoms with E-state index in [1.54, 1.807) is 16.7 Å². The fourth-order valence-electron chi connectivity index (χ4n) is 3.23. The number of nitrogens with two attached hydrogens (primary N) is 1. The SMILES string of the molecule is C=S(=O)(c1ccccc1)N1C=C(N)C2C1=NC=CC2c1cc[nH]c1. The molecule has 0 bridgehead atoms. The number of aliphatic imine (C=N–C) groups is 1. The van der Waals surface area contributed by atoms with Gasteiger partial charge >= 0.3 is 0 Å². The summed E-state index contributed by atoms with van der Waals surface area (Å²) in [6.07, 6.45) is 9.33. The van der Waals surface area contributed by atoms with Gasteiger partial charge in [0.15, 0.2) is 0 Å². The first kappa shape index (κ1) is 14.8. The molecule has 2 aliphatic heterocycles. The Labute approximate surface area is 141 Å². The highest BCUT2D eigenvalue weighted by atomic mass is 32.2. The molecule has 4 rings (SSSR count). The van der Waals surface area contributed by atoms with Crippen molar-refractivity contribution in [2.75, 3.05) is 0 Å². The lowest BCUT2D eigenvalue weighted by Gasteiger charge is -2.29. The van der Waals surface area contributed by atoms with E-state index in [9.17, 15) is 4.21 Å². The highest BCUT2D eigenvalue weighted by Crippen LogP contribution is 2.39. The van der Waals surface area contributed by atoms with Crippen LogP contribution in [0.2, 0.25) is 0 Å². The number of aromatic amines is 1. The molecular formula is C18H18N4OS. The molecule has 1 aromatic heterocycles. The molecule has 6 heteroatoms. The second-order valence-corrected chi connectivity index (χ2v) is 8.03. The molecule has 0 radical (unpaired) electrons. The van der Waals surface area contributed by atoms with E-state index in [1.807, 2.05) is 54.9 Å². The maximum atomic E-state index is 13.4.